The normalized spacial score (nSPS) is 25.6. The van der Waals surface area contributed by atoms with E-state index in [1.165, 1.54) is 24.0 Å². The third-order valence-electron chi connectivity index (χ3n) is 4.73. The van der Waals surface area contributed by atoms with E-state index in [1.54, 1.807) is 7.11 Å². The number of aryl methyl sites for hydroxylation is 1. The Kier molecular flexibility index (Phi) is 4.15. The molecule has 1 aliphatic carbocycles. The molecule has 0 bridgehead atoms. The largest absolute Gasteiger partial charge is 0.497 e. The van der Waals surface area contributed by atoms with Gasteiger partial charge in [0.05, 0.1) is 7.11 Å². The van der Waals surface area contributed by atoms with Crippen molar-refractivity contribution in [3.05, 3.63) is 29.3 Å². The molecule has 1 heterocycles. The molecule has 0 aromatic heterocycles. The van der Waals surface area contributed by atoms with Crippen molar-refractivity contribution in [2.75, 3.05) is 20.7 Å². The first-order valence-corrected chi connectivity index (χ1v) is 7.84. The molecule has 2 atom stereocenters. The molecule has 3 rings (SSSR count). The molecule has 21 heavy (non-hydrogen) atoms. The van der Waals surface area contributed by atoms with Crippen molar-refractivity contribution in [1.29, 1.82) is 0 Å². The standard InChI is InChI=1S/C17H24N2O2/c1-19-11-13(6-9-17(19)20)18-16-5-3-4-12-10-14(21-2)7-8-15(12)16/h7-8,10,13,16,18H,3-6,9,11H2,1-2H3. The van der Waals surface area contributed by atoms with Gasteiger partial charge in [0.2, 0.25) is 5.91 Å². The van der Waals surface area contributed by atoms with Gasteiger partial charge in [-0.25, -0.2) is 0 Å². The number of nitrogens with zero attached hydrogens (tertiary/aromatic N) is 1. The summed E-state index contributed by atoms with van der Waals surface area (Å²) in [6.07, 6.45) is 5.13. The fraction of sp³-hybridized carbons (Fsp3) is 0.588. The number of ether oxygens (including phenoxy) is 1. The van der Waals surface area contributed by atoms with E-state index in [1.807, 2.05) is 11.9 Å². The van der Waals surface area contributed by atoms with Gasteiger partial charge >= 0.3 is 0 Å². The maximum absolute atomic E-state index is 11.6. The van der Waals surface area contributed by atoms with Crippen LogP contribution in [-0.4, -0.2) is 37.6 Å². The zero-order chi connectivity index (χ0) is 14.8. The number of piperidine rings is 1. The zero-order valence-corrected chi connectivity index (χ0v) is 12.9. The van der Waals surface area contributed by atoms with Gasteiger partial charge in [0.1, 0.15) is 5.75 Å². The van der Waals surface area contributed by atoms with Crippen LogP contribution in [0.15, 0.2) is 18.2 Å². The molecule has 0 spiro atoms. The highest BCUT2D eigenvalue weighted by atomic mass is 16.5. The van der Waals surface area contributed by atoms with Gasteiger partial charge < -0.3 is 15.0 Å². The summed E-state index contributed by atoms with van der Waals surface area (Å²) in [6.45, 7) is 0.820. The van der Waals surface area contributed by atoms with Crippen LogP contribution in [-0.2, 0) is 11.2 Å². The molecule has 2 unspecified atom stereocenters. The van der Waals surface area contributed by atoms with Crippen molar-refractivity contribution in [1.82, 2.24) is 10.2 Å². The lowest BCUT2D eigenvalue weighted by atomic mass is 9.86. The molecular weight excluding hydrogens is 264 g/mol. The number of hydrogen-bond donors (Lipinski definition) is 1. The van der Waals surface area contributed by atoms with Gasteiger partial charge in [-0.15, -0.1) is 0 Å². The minimum absolute atomic E-state index is 0.266. The van der Waals surface area contributed by atoms with Crippen molar-refractivity contribution in [2.45, 2.75) is 44.2 Å². The van der Waals surface area contributed by atoms with Crippen LogP contribution in [0.5, 0.6) is 5.75 Å². The van der Waals surface area contributed by atoms with Crippen LogP contribution in [0.3, 0.4) is 0 Å². The summed E-state index contributed by atoms with van der Waals surface area (Å²) < 4.78 is 5.33. The lowest BCUT2D eigenvalue weighted by Crippen LogP contribution is -2.48. The van der Waals surface area contributed by atoms with Gasteiger partial charge in [0.25, 0.3) is 0 Å². The van der Waals surface area contributed by atoms with Gasteiger partial charge in [-0.3, -0.25) is 4.79 Å². The molecule has 1 N–H and O–H groups in total. The zero-order valence-electron chi connectivity index (χ0n) is 12.9. The minimum atomic E-state index is 0.266. The SMILES string of the molecule is COc1ccc2c(c1)CCCC2NC1CCC(=O)N(C)C1. The monoisotopic (exact) mass is 288 g/mol. The number of likely N-dealkylation sites (N-methyl/N-ethyl adjacent to an activating group) is 1. The van der Waals surface area contributed by atoms with Crippen molar-refractivity contribution < 1.29 is 9.53 Å². The summed E-state index contributed by atoms with van der Waals surface area (Å²) in [4.78, 5) is 13.4. The highest BCUT2D eigenvalue weighted by Gasteiger charge is 2.27. The molecule has 2 aliphatic rings. The molecule has 1 aliphatic heterocycles. The van der Waals surface area contributed by atoms with E-state index in [9.17, 15) is 4.79 Å². The number of rotatable bonds is 3. The Morgan fingerprint density at radius 2 is 2.14 bits per heavy atom. The molecule has 4 nitrogen and oxygen atoms in total. The Balaban J connectivity index is 1.72. The lowest BCUT2D eigenvalue weighted by molar-refractivity contribution is -0.132. The lowest BCUT2D eigenvalue weighted by Gasteiger charge is -2.35. The molecule has 1 saturated heterocycles. The Bertz CT molecular complexity index is 530. The predicted octanol–water partition coefficient (Wildman–Crippen LogP) is 2.28. The van der Waals surface area contributed by atoms with Crippen molar-refractivity contribution in [3.8, 4) is 5.75 Å². The van der Waals surface area contributed by atoms with Crippen molar-refractivity contribution in [2.24, 2.45) is 0 Å². The number of carbonyl (C=O) groups excluding carboxylic acids is 1. The van der Waals surface area contributed by atoms with Crippen LogP contribution in [0.4, 0.5) is 0 Å². The summed E-state index contributed by atoms with van der Waals surface area (Å²) in [5.41, 5.74) is 2.81. The third-order valence-corrected chi connectivity index (χ3v) is 4.73. The number of hydrogen-bond acceptors (Lipinski definition) is 3. The number of likely N-dealkylation sites (tertiary alicyclic amines) is 1. The Morgan fingerprint density at radius 1 is 1.29 bits per heavy atom. The van der Waals surface area contributed by atoms with E-state index in [-0.39, 0.29) is 5.91 Å². The first kappa shape index (κ1) is 14.4. The molecule has 1 aromatic carbocycles. The van der Waals surface area contributed by atoms with Gasteiger partial charge in [0.15, 0.2) is 0 Å². The molecule has 1 aromatic rings. The van der Waals surface area contributed by atoms with Crippen LogP contribution >= 0.6 is 0 Å². The number of methoxy groups -OCH3 is 1. The second-order valence-electron chi connectivity index (χ2n) is 6.19. The van der Waals surface area contributed by atoms with Crippen LogP contribution in [0.2, 0.25) is 0 Å². The topological polar surface area (TPSA) is 41.6 Å². The second-order valence-corrected chi connectivity index (χ2v) is 6.19. The maximum Gasteiger partial charge on any atom is 0.222 e. The highest BCUT2D eigenvalue weighted by molar-refractivity contribution is 5.76. The Hall–Kier alpha value is -1.55. The van der Waals surface area contributed by atoms with E-state index < -0.39 is 0 Å². The molecular formula is C17H24N2O2. The molecule has 114 valence electrons. The molecule has 1 fully saturated rings. The van der Waals surface area contributed by atoms with E-state index in [0.29, 0.717) is 18.5 Å². The Labute approximate surface area is 126 Å². The fourth-order valence-corrected chi connectivity index (χ4v) is 3.52. The van der Waals surface area contributed by atoms with E-state index in [2.05, 4.69) is 23.5 Å². The van der Waals surface area contributed by atoms with Crippen molar-refractivity contribution in [3.63, 3.8) is 0 Å². The summed E-state index contributed by atoms with van der Waals surface area (Å²) in [5.74, 6) is 1.21. The van der Waals surface area contributed by atoms with Gasteiger partial charge in [-0.1, -0.05) is 6.07 Å². The first-order valence-electron chi connectivity index (χ1n) is 7.84. The van der Waals surface area contributed by atoms with Gasteiger partial charge in [0, 0.05) is 32.1 Å². The Morgan fingerprint density at radius 3 is 2.90 bits per heavy atom. The van der Waals surface area contributed by atoms with E-state index >= 15 is 0 Å². The molecule has 0 radical (unpaired) electrons. The summed E-state index contributed by atoms with van der Waals surface area (Å²) >= 11 is 0. The van der Waals surface area contributed by atoms with Gasteiger partial charge in [-0.2, -0.15) is 0 Å². The van der Waals surface area contributed by atoms with E-state index in [4.69, 9.17) is 4.74 Å². The summed E-state index contributed by atoms with van der Waals surface area (Å²) in [7, 11) is 3.62. The smallest absolute Gasteiger partial charge is 0.222 e. The second kappa shape index (κ2) is 6.06. The maximum atomic E-state index is 11.6. The fourth-order valence-electron chi connectivity index (χ4n) is 3.52. The average molecular weight is 288 g/mol. The summed E-state index contributed by atoms with van der Waals surface area (Å²) in [5, 5.41) is 3.77. The van der Waals surface area contributed by atoms with Gasteiger partial charge in [-0.05, 0) is 48.9 Å². The molecule has 0 saturated carbocycles. The third kappa shape index (κ3) is 3.05. The number of amides is 1. The minimum Gasteiger partial charge on any atom is -0.497 e. The molecule has 4 heteroatoms. The number of benzene rings is 1. The van der Waals surface area contributed by atoms with Crippen LogP contribution in [0, 0.1) is 0 Å². The molecule has 1 amide bonds. The van der Waals surface area contributed by atoms with Crippen LogP contribution in [0.1, 0.15) is 42.9 Å². The van der Waals surface area contributed by atoms with Crippen LogP contribution in [0.25, 0.3) is 0 Å². The average Bonchev–Trinajstić information content (AvgIpc) is 2.50. The number of carbonyl (C=O) groups is 1. The summed E-state index contributed by atoms with van der Waals surface area (Å²) in [6, 6.07) is 7.23. The number of nitrogens with one attached hydrogen (secondary N) is 1. The van der Waals surface area contributed by atoms with E-state index in [0.717, 1.165) is 25.1 Å². The predicted molar refractivity (Wildman–Crippen MR) is 82.5 cm³/mol. The quantitative estimate of drug-likeness (QED) is 0.928. The highest BCUT2D eigenvalue weighted by Crippen LogP contribution is 2.33. The first-order chi connectivity index (χ1) is 10.2. The number of fused-ring (bicyclic) bond motifs is 1. The van der Waals surface area contributed by atoms with Crippen LogP contribution < -0.4 is 10.1 Å². The van der Waals surface area contributed by atoms with Crippen molar-refractivity contribution >= 4 is 5.91 Å².